The zero-order valence-electron chi connectivity index (χ0n) is 17.5. The lowest BCUT2D eigenvalue weighted by Crippen LogP contribution is -2.50. The molecule has 1 saturated heterocycles. The molecule has 1 amide bonds. The normalized spacial score (nSPS) is 14.8. The van der Waals surface area contributed by atoms with E-state index in [1.165, 1.54) is 10.7 Å². The summed E-state index contributed by atoms with van der Waals surface area (Å²) < 4.78 is 21.6. The van der Waals surface area contributed by atoms with Gasteiger partial charge in [0, 0.05) is 30.6 Å². The van der Waals surface area contributed by atoms with Crippen LogP contribution in [0.4, 0.5) is 9.18 Å². The summed E-state index contributed by atoms with van der Waals surface area (Å²) in [4.78, 5) is 18.3. The van der Waals surface area contributed by atoms with Crippen molar-refractivity contribution in [1.29, 1.82) is 0 Å². The first-order chi connectivity index (χ1) is 14.2. The fourth-order valence-corrected chi connectivity index (χ4v) is 3.63. The van der Waals surface area contributed by atoms with E-state index in [4.69, 9.17) is 4.74 Å². The highest BCUT2D eigenvalue weighted by molar-refractivity contribution is 5.84. The average Bonchev–Trinajstić information content (AvgIpc) is 2.98. The monoisotopic (exact) mass is 412 g/mol. The Morgan fingerprint density at radius 2 is 2.03 bits per heavy atom. The van der Waals surface area contributed by atoms with Crippen molar-refractivity contribution in [2.75, 3.05) is 13.1 Å². The van der Waals surface area contributed by atoms with Gasteiger partial charge in [0.15, 0.2) is 5.65 Å². The van der Waals surface area contributed by atoms with E-state index < -0.39 is 11.4 Å². The van der Waals surface area contributed by atoms with Crippen molar-refractivity contribution >= 4 is 17.1 Å². The second-order valence-electron chi connectivity index (χ2n) is 8.66. The number of hydrogen-bond acceptors (Lipinski definition) is 5. The van der Waals surface area contributed by atoms with E-state index in [1.807, 2.05) is 33.8 Å². The molecule has 7 nitrogen and oxygen atoms in total. The summed E-state index contributed by atoms with van der Waals surface area (Å²) in [6.07, 6.45) is 1.21. The van der Waals surface area contributed by atoms with Crippen molar-refractivity contribution in [3.05, 3.63) is 53.1 Å². The quantitative estimate of drug-likeness (QED) is 0.710. The van der Waals surface area contributed by atoms with Gasteiger partial charge in [-0.15, -0.1) is 0 Å². The molecule has 1 N–H and O–H groups in total. The van der Waals surface area contributed by atoms with Crippen LogP contribution >= 0.6 is 0 Å². The molecule has 4 rings (SSSR count). The minimum atomic E-state index is -0.562. The first kappa shape index (κ1) is 20.3. The Morgan fingerprint density at radius 1 is 1.30 bits per heavy atom. The summed E-state index contributed by atoms with van der Waals surface area (Å²) in [5, 5.41) is 15.2. The van der Waals surface area contributed by atoms with Crippen LogP contribution in [0.3, 0.4) is 0 Å². The second kappa shape index (κ2) is 7.36. The van der Waals surface area contributed by atoms with Gasteiger partial charge in [-0.1, -0.05) is 6.07 Å². The van der Waals surface area contributed by atoms with E-state index in [1.54, 1.807) is 23.2 Å². The van der Waals surface area contributed by atoms with E-state index in [-0.39, 0.29) is 18.6 Å². The third-order valence-corrected chi connectivity index (χ3v) is 5.10. The number of amides is 1. The fraction of sp³-hybridized carbons (Fsp3) is 0.409. The maximum Gasteiger partial charge on any atom is 0.410 e. The Balaban J connectivity index is 1.72. The molecular weight excluding hydrogens is 387 g/mol. The lowest BCUT2D eigenvalue weighted by Gasteiger charge is -2.39. The van der Waals surface area contributed by atoms with Crippen LogP contribution in [0.25, 0.3) is 16.7 Å². The molecule has 1 aliphatic heterocycles. The number of nitrogens with zero attached hydrogens (tertiary/aromatic N) is 4. The van der Waals surface area contributed by atoms with E-state index in [2.05, 4.69) is 10.1 Å². The van der Waals surface area contributed by atoms with E-state index >= 15 is 0 Å². The predicted molar refractivity (Wildman–Crippen MR) is 110 cm³/mol. The van der Waals surface area contributed by atoms with Crippen molar-refractivity contribution < 1.29 is 19.0 Å². The molecule has 0 radical (unpaired) electrons. The van der Waals surface area contributed by atoms with Gasteiger partial charge in [-0.3, -0.25) is 0 Å². The Hall–Kier alpha value is -3.00. The summed E-state index contributed by atoms with van der Waals surface area (Å²) in [6.45, 7) is 8.00. The Kier molecular flexibility index (Phi) is 4.97. The standard InChI is InChI=1S/C22H25FN4O3/c1-13-5-6-17(16(23)9-13)27-20-18(14(12-28)7-8-24-20)19(25-27)15-10-26(11-15)21(29)30-22(2,3)4/h5-9,15,28H,10-12H2,1-4H3. The number of aliphatic hydroxyl groups is 1. The summed E-state index contributed by atoms with van der Waals surface area (Å²) in [7, 11) is 0. The minimum Gasteiger partial charge on any atom is -0.444 e. The second-order valence-corrected chi connectivity index (χ2v) is 8.66. The van der Waals surface area contributed by atoms with Gasteiger partial charge < -0.3 is 14.7 Å². The van der Waals surface area contributed by atoms with Gasteiger partial charge in [-0.05, 0) is 57.0 Å². The Bertz CT molecular complexity index is 1110. The maximum absolute atomic E-state index is 14.7. The highest BCUT2D eigenvalue weighted by Crippen LogP contribution is 2.35. The molecule has 1 aliphatic rings. The van der Waals surface area contributed by atoms with Gasteiger partial charge in [-0.25, -0.2) is 18.9 Å². The maximum atomic E-state index is 14.7. The number of fused-ring (bicyclic) bond motifs is 1. The molecule has 2 aromatic heterocycles. The summed E-state index contributed by atoms with van der Waals surface area (Å²) in [5.74, 6) is -0.449. The highest BCUT2D eigenvalue weighted by Gasteiger charge is 2.38. The summed E-state index contributed by atoms with van der Waals surface area (Å²) in [6, 6.07) is 6.66. The highest BCUT2D eigenvalue weighted by atomic mass is 19.1. The molecule has 1 aromatic carbocycles. The SMILES string of the molecule is Cc1ccc(-n2nc(C3CN(C(=O)OC(C)(C)C)C3)c3c(CO)ccnc32)c(F)c1. The van der Waals surface area contributed by atoms with Crippen molar-refractivity contribution in [1.82, 2.24) is 19.7 Å². The average molecular weight is 412 g/mol. The molecule has 1 fully saturated rings. The van der Waals surface area contributed by atoms with Crippen LogP contribution in [0.5, 0.6) is 0 Å². The summed E-state index contributed by atoms with van der Waals surface area (Å²) in [5.41, 5.74) is 2.39. The molecular formula is C22H25FN4O3. The van der Waals surface area contributed by atoms with Gasteiger partial charge >= 0.3 is 6.09 Å². The molecule has 0 saturated carbocycles. The Labute approximate surface area is 174 Å². The van der Waals surface area contributed by atoms with Gasteiger partial charge in [0.25, 0.3) is 0 Å². The number of halogens is 1. The number of ether oxygens (including phenoxy) is 1. The molecule has 8 heteroatoms. The van der Waals surface area contributed by atoms with E-state index in [0.717, 1.165) is 5.56 Å². The molecule has 0 bridgehead atoms. The smallest absolute Gasteiger partial charge is 0.410 e. The van der Waals surface area contributed by atoms with Crippen LogP contribution in [-0.4, -0.2) is 49.6 Å². The lowest BCUT2D eigenvalue weighted by atomic mass is 9.93. The number of aryl methyl sites for hydroxylation is 1. The Morgan fingerprint density at radius 3 is 2.67 bits per heavy atom. The van der Waals surface area contributed by atoms with Crippen molar-refractivity contribution in [3.63, 3.8) is 0 Å². The van der Waals surface area contributed by atoms with Crippen LogP contribution in [0.1, 0.15) is 43.5 Å². The first-order valence-electron chi connectivity index (χ1n) is 9.90. The van der Waals surface area contributed by atoms with Crippen LogP contribution in [0.2, 0.25) is 0 Å². The van der Waals surface area contributed by atoms with Gasteiger partial charge in [0.2, 0.25) is 0 Å². The first-order valence-corrected chi connectivity index (χ1v) is 9.90. The minimum absolute atomic E-state index is 0.0516. The number of aliphatic hydroxyl groups excluding tert-OH is 1. The van der Waals surface area contributed by atoms with Gasteiger partial charge in [0.1, 0.15) is 17.1 Å². The van der Waals surface area contributed by atoms with Crippen molar-refractivity contribution in [3.8, 4) is 5.69 Å². The molecule has 0 unspecified atom stereocenters. The molecule has 158 valence electrons. The number of pyridine rings is 1. The number of hydrogen-bond donors (Lipinski definition) is 1. The lowest BCUT2D eigenvalue weighted by molar-refractivity contribution is 0.00794. The predicted octanol–water partition coefficient (Wildman–Crippen LogP) is 3.69. The molecule has 3 aromatic rings. The topological polar surface area (TPSA) is 80.5 Å². The van der Waals surface area contributed by atoms with Crippen molar-refractivity contribution in [2.45, 2.75) is 45.8 Å². The third-order valence-electron chi connectivity index (χ3n) is 5.10. The van der Waals surface area contributed by atoms with E-state index in [9.17, 15) is 14.3 Å². The fourth-order valence-electron chi connectivity index (χ4n) is 3.63. The number of likely N-dealkylation sites (tertiary alicyclic amines) is 1. The van der Waals surface area contributed by atoms with Gasteiger partial charge in [-0.2, -0.15) is 5.10 Å². The molecule has 30 heavy (non-hydrogen) atoms. The van der Waals surface area contributed by atoms with Crippen molar-refractivity contribution in [2.24, 2.45) is 0 Å². The number of carbonyl (C=O) groups is 1. The zero-order valence-corrected chi connectivity index (χ0v) is 17.5. The van der Waals surface area contributed by atoms with E-state index in [0.29, 0.717) is 41.1 Å². The largest absolute Gasteiger partial charge is 0.444 e. The van der Waals surface area contributed by atoms with Gasteiger partial charge in [0.05, 0.1) is 12.3 Å². The number of benzene rings is 1. The molecule has 0 aliphatic carbocycles. The molecule has 3 heterocycles. The number of rotatable bonds is 3. The number of carbonyl (C=O) groups excluding carboxylic acids is 1. The summed E-state index contributed by atoms with van der Waals surface area (Å²) >= 11 is 0. The van der Waals surface area contributed by atoms with Crippen LogP contribution in [0.15, 0.2) is 30.5 Å². The number of aromatic nitrogens is 3. The third kappa shape index (κ3) is 3.63. The molecule has 0 spiro atoms. The van der Waals surface area contributed by atoms with Crippen LogP contribution in [-0.2, 0) is 11.3 Å². The molecule has 0 atom stereocenters. The van der Waals surface area contributed by atoms with Crippen LogP contribution < -0.4 is 0 Å². The van der Waals surface area contributed by atoms with Crippen LogP contribution in [0, 0.1) is 12.7 Å². The zero-order chi connectivity index (χ0) is 21.6.